The first-order chi connectivity index (χ1) is 11.6. The number of aromatic nitrogens is 3. The molecular formula is C17H27N5O2. The molecule has 0 bridgehead atoms. The first kappa shape index (κ1) is 16.9. The quantitative estimate of drug-likeness (QED) is 0.843. The van der Waals surface area contributed by atoms with Gasteiger partial charge < -0.3 is 14.4 Å². The molecule has 1 fully saturated rings. The van der Waals surface area contributed by atoms with Crippen molar-refractivity contribution < 1.29 is 9.59 Å². The number of carbonyl (C=O) groups is 2. The lowest BCUT2D eigenvalue weighted by atomic mass is 10.2. The van der Waals surface area contributed by atoms with Crippen LogP contribution in [-0.2, 0) is 16.1 Å². The van der Waals surface area contributed by atoms with Gasteiger partial charge in [-0.25, -0.2) is 0 Å². The molecule has 7 nitrogen and oxygen atoms in total. The van der Waals surface area contributed by atoms with E-state index < -0.39 is 0 Å². The molecule has 0 aliphatic carbocycles. The van der Waals surface area contributed by atoms with E-state index in [1.165, 1.54) is 12.8 Å². The van der Waals surface area contributed by atoms with Gasteiger partial charge >= 0.3 is 0 Å². The second-order valence-electron chi connectivity index (χ2n) is 6.95. The molecule has 0 spiro atoms. The van der Waals surface area contributed by atoms with Crippen molar-refractivity contribution in [3.8, 4) is 0 Å². The molecule has 1 aromatic rings. The fourth-order valence-electron chi connectivity index (χ4n) is 3.77. The number of hydrogen-bond donors (Lipinski definition) is 0. The van der Waals surface area contributed by atoms with E-state index in [-0.39, 0.29) is 24.3 Å². The van der Waals surface area contributed by atoms with E-state index in [0.717, 1.165) is 37.6 Å². The summed E-state index contributed by atoms with van der Waals surface area (Å²) in [6.07, 6.45) is 5.17. The Bertz CT molecular complexity index is 604. The molecule has 1 atom stereocenters. The van der Waals surface area contributed by atoms with Crippen molar-refractivity contribution >= 4 is 11.8 Å². The van der Waals surface area contributed by atoms with Crippen LogP contribution in [0, 0.1) is 6.92 Å². The maximum atomic E-state index is 12.5. The summed E-state index contributed by atoms with van der Waals surface area (Å²) in [4.78, 5) is 28.6. The summed E-state index contributed by atoms with van der Waals surface area (Å²) in [5.74, 6) is 1.88. The number of amides is 2. The standard InChI is InChI=1S/C17H27N5O2/c1-13-11-21(12-15-19-18-14(2)22(13)15)17(24)8-7-16(23)20-9-5-3-4-6-10-20/h13H,3-12H2,1-2H3/t13-/m0/s1. The van der Waals surface area contributed by atoms with Crippen molar-refractivity contribution in [1.29, 1.82) is 0 Å². The van der Waals surface area contributed by atoms with Gasteiger partial charge in [-0.1, -0.05) is 12.8 Å². The van der Waals surface area contributed by atoms with E-state index in [1.807, 2.05) is 16.7 Å². The first-order valence-electron chi connectivity index (χ1n) is 9.02. The molecular weight excluding hydrogens is 306 g/mol. The zero-order valence-corrected chi connectivity index (χ0v) is 14.7. The van der Waals surface area contributed by atoms with Crippen molar-refractivity contribution in [1.82, 2.24) is 24.6 Å². The Hall–Kier alpha value is -1.92. The number of carbonyl (C=O) groups excluding carboxylic acids is 2. The molecule has 3 heterocycles. The van der Waals surface area contributed by atoms with Crippen molar-refractivity contribution in [2.24, 2.45) is 0 Å². The van der Waals surface area contributed by atoms with Crippen LogP contribution in [0.25, 0.3) is 0 Å². The van der Waals surface area contributed by atoms with Crippen molar-refractivity contribution in [3.63, 3.8) is 0 Å². The largest absolute Gasteiger partial charge is 0.343 e. The monoisotopic (exact) mass is 333 g/mol. The Morgan fingerprint density at radius 3 is 2.29 bits per heavy atom. The van der Waals surface area contributed by atoms with Gasteiger partial charge in [0, 0.05) is 32.5 Å². The molecule has 7 heteroatoms. The van der Waals surface area contributed by atoms with Gasteiger partial charge in [0.25, 0.3) is 0 Å². The predicted octanol–water partition coefficient (Wildman–Crippen LogP) is 1.67. The van der Waals surface area contributed by atoms with Crippen LogP contribution in [0.4, 0.5) is 0 Å². The molecule has 3 rings (SSSR count). The minimum atomic E-state index is 0.0388. The molecule has 1 aromatic heterocycles. The lowest BCUT2D eigenvalue weighted by molar-refractivity contribution is -0.138. The van der Waals surface area contributed by atoms with Crippen LogP contribution < -0.4 is 0 Å². The molecule has 0 aromatic carbocycles. The van der Waals surface area contributed by atoms with E-state index in [4.69, 9.17) is 0 Å². The third kappa shape index (κ3) is 3.60. The molecule has 0 radical (unpaired) electrons. The summed E-state index contributed by atoms with van der Waals surface area (Å²) in [5.41, 5.74) is 0. The highest BCUT2D eigenvalue weighted by molar-refractivity contribution is 5.83. The van der Waals surface area contributed by atoms with E-state index in [2.05, 4.69) is 21.7 Å². The summed E-state index contributed by atoms with van der Waals surface area (Å²) in [6.45, 7) is 6.84. The summed E-state index contributed by atoms with van der Waals surface area (Å²) in [5, 5.41) is 8.26. The van der Waals surface area contributed by atoms with Gasteiger partial charge in [0.15, 0.2) is 5.82 Å². The van der Waals surface area contributed by atoms with E-state index in [9.17, 15) is 9.59 Å². The van der Waals surface area contributed by atoms with Crippen molar-refractivity contribution in [2.75, 3.05) is 19.6 Å². The van der Waals surface area contributed by atoms with E-state index in [1.54, 1.807) is 0 Å². The number of fused-ring (bicyclic) bond motifs is 1. The van der Waals surface area contributed by atoms with Crippen molar-refractivity contribution in [2.45, 2.75) is 65.0 Å². The van der Waals surface area contributed by atoms with Gasteiger partial charge in [-0.15, -0.1) is 10.2 Å². The number of nitrogens with zero attached hydrogens (tertiary/aromatic N) is 5. The molecule has 2 aliphatic rings. The van der Waals surface area contributed by atoms with Crippen LogP contribution in [0.3, 0.4) is 0 Å². The normalized spacial score (nSPS) is 21.3. The Labute approximate surface area is 143 Å². The molecule has 2 amide bonds. The van der Waals surface area contributed by atoms with Crippen LogP contribution in [0.15, 0.2) is 0 Å². The topological polar surface area (TPSA) is 71.3 Å². The van der Waals surface area contributed by atoms with Gasteiger partial charge in [0.05, 0.1) is 12.6 Å². The third-order valence-electron chi connectivity index (χ3n) is 5.06. The fraction of sp³-hybridized carbons (Fsp3) is 0.765. The summed E-state index contributed by atoms with van der Waals surface area (Å²) in [6, 6.07) is 0.175. The smallest absolute Gasteiger partial charge is 0.223 e. The first-order valence-corrected chi connectivity index (χ1v) is 9.02. The van der Waals surface area contributed by atoms with Gasteiger partial charge in [-0.3, -0.25) is 9.59 Å². The highest BCUT2D eigenvalue weighted by Crippen LogP contribution is 2.22. The predicted molar refractivity (Wildman–Crippen MR) is 89.2 cm³/mol. The Balaban J connectivity index is 1.53. The number of likely N-dealkylation sites (tertiary alicyclic amines) is 1. The van der Waals surface area contributed by atoms with E-state index >= 15 is 0 Å². The maximum Gasteiger partial charge on any atom is 0.223 e. The lowest BCUT2D eigenvalue weighted by Crippen LogP contribution is -2.41. The molecule has 0 unspecified atom stereocenters. The zero-order valence-electron chi connectivity index (χ0n) is 14.7. The number of aryl methyl sites for hydroxylation is 1. The van der Waals surface area contributed by atoms with E-state index in [0.29, 0.717) is 19.5 Å². The summed E-state index contributed by atoms with van der Waals surface area (Å²) >= 11 is 0. The van der Waals surface area contributed by atoms with Crippen LogP contribution in [0.1, 0.15) is 63.1 Å². The van der Waals surface area contributed by atoms with Crippen LogP contribution in [0.5, 0.6) is 0 Å². The van der Waals surface area contributed by atoms with Crippen molar-refractivity contribution in [3.05, 3.63) is 11.6 Å². The second-order valence-corrected chi connectivity index (χ2v) is 6.95. The third-order valence-corrected chi connectivity index (χ3v) is 5.06. The minimum Gasteiger partial charge on any atom is -0.343 e. The van der Waals surface area contributed by atoms with Gasteiger partial charge in [-0.2, -0.15) is 0 Å². The Morgan fingerprint density at radius 1 is 1.00 bits per heavy atom. The van der Waals surface area contributed by atoms with Crippen LogP contribution in [0.2, 0.25) is 0 Å². The Morgan fingerprint density at radius 2 is 1.62 bits per heavy atom. The SMILES string of the molecule is Cc1nnc2n1[C@@H](C)CN(C(=O)CCC(=O)N1CCCCCC1)C2. The molecule has 0 saturated carbocycles. The molecule has 2 aliphatic heterocycles. The lowest BCUT2D eigenvalue weighted by Gasteiger charge is -2.32. The van der Waals surface area contributed by atoms with Gasteiger partial charge in [0.1, 0.15) is 5.82 Å². The van der Waals surface area contributed by atoms with Gasteiger partial charge in [0.2, 0.25) is 11.8 Å². The highest BCUT2D eigenvalue weighted by Gasteiger charge is 2.28. The molecule has 24 heavy (non-hydrogen) atoms. The molecule has 0 N–H and O–H groups in total. The second kappa shape index (κ2) is 7.32. The minimum absolute atomic E-state index is 0.0388. The average Bonchev–Trinajstić information content (AvgIpc) is 2.78. The number of hydrogen-bond acceptors (Lipinski definition) is 4. The summed E-state index contributed by atoms with van der Waals surface area (Å²) in [7, 11) is 0. The fourth-order valence-corrected chi connectivity index (χ4v) is 3.77. The maximum absolute atomic E-state index is 12.5. The van der Waals surface area contributed by atoms with Crippen LogP contribution in [-0.4, -0.2) is 56.0 Å². The van der Waals surface area contributed by atoms with Crippen LogP contribution >= 0.6 is 0 Å². The molecule has 1 saturated heterocycles. The zero-order chi connectivity index (χ0) is 17.1. The number of rotatable bonds is 3. The average molecular weight is 333 g/mol. The summed E-state index contributed by atoms with van der Waals surface area (Å²) < 4.78 is 2.09. The Kier molecular flexibility index (Phi) is 5.16. The molecule has 132 valence electrons. The highest BCUT2D eigenvalue weighted by atomic mass is 16.2. The van der Waals surface area contributed by atoms with Gasteiger partial charge in [-0.05, 0) is 26.7 Å².